The highest BCUT2D eigenvalue weighted by Crippen LogP contribution is 2.19. The van der Waals surface area contributed by atoms with Gasteiger partial charge >= 0.3 is 5.97 Å². The number of hydrogen-bond donors (Lipinski definition) is 2. The van der Waals surface area contributed by atoms with Gasteiger partial charge in [0.05, 0.1) is 13.7 Å². The summed E-state index contributed by atoms with van der Waals surface area (Å²) in [5.74, 6) is -0.175. The Morgan fingerprint density at radius 1 is 1.44 bits per heavy atom. The minimum absolute atomic E-state index is 0.101. The summed E-state index contributed by atoms with van der Waals surface area (Å²) in [5, 5.41) is 12.0. The third-order valence-corrected chi connectivity index (χ3v) is 2.68. The van der Waals surface area contributed by atoms with E-state index in [9.17, 15) is 4.79 Å². The van der Waals surface area contributed by atoms with Gasteiger partial charge in [-0.2, -0.15) is 0 Å². The van der Waals surface area contributed by atoms with Crippen molar-refractivity contribution in [2.45, 2.75) is 19.0 Å². The lowest BCUT2D eigenvalue weighted by molar-refractivity contribution is -0.141. The van der Waals surface area contributed by atoms with Crippen molar-refractivity contribution in [2.24, 2.45) is 0 Å². The van der Waals surface area contributed by atoms with Crippen LogP contribution in [0, 0.1) is 0 Å². The molecule has 1 rings (SSSR count). The molecule has 0 radical (unpaired) electrons. The molecule has 0 aliphatic carbocycles. The van der Waals surface area contributed by atoms with Crippen LogP contribution in [-0.2, 0) is 9.53 Å². The van der Waals surface area contributed by atoms with Crippen LogP contribution in [0.3, 0.4) is 0 Å². The van der Waals surface area contributed by atoms with E-state index in [1.54, 1.807) is 7.11 Å². The number of methoxy groups -OCH3 is 2. The van der Waals surface area contributed by atoms with E-state index in [4.69, 9.17) is 14.6 Å². The zero-order valence-corrected chi connectivity index (χ0v) is 10.8. The van der Waals surface area contributed by atoms with E-state index in [0.717, 1.165) is 11.3 Å². The summed E-state index contributed by atoms with van der Waals surface area (Å²) in [6.45, 7) is 2.03. The third kappa shape index (κ3) is 4.01. The van der Waals surface area contributed by atoms with Crippen LogP contribution >= 0.6 is 0 Å². The van der Waals surface area contributed by atoms with Gasteiger partial charge in [0.15, 0.2) is 0 Å². The van der Waals surface area contributed by atoms with Gasteiger partial charge in [0.25, 0.3) is 0 Å². The Bertz CT molecular complexity index is 394. The van der Waals surface area contributed by atoms with Crippen LogP contribution in [-0.4, -0.2) is 37.9 Å². The average molecular weight is 253 g/mol. The Balaban J connectivity index is 2.73. The summed E-state index contributed by atoms with van der Waals surface area (Å²) in [6.07, 6.45) is 0. The van der Waals surface area contributed by atoms with Crippen molar-refractivity contribution in [1.29, 1.82) is 0 Å². The second kappa shape index (κ2) is 6.98. The second-order valence-corrected chi connectivity index (χ2v) is 4.01. The van der Waals surface area contributed by atoms with Gasteiger partial charge in [-0.15, -0.1) is 0 Å². The smallest absolute Gasteiger partial charge is 0.323 e. The first-order valence-electron chi connectivity index (χ1n) is 5.70. The van der Waals surface area contributed by atoms with Crippen LogP contribution in [0.4, 0.5) is 0 Å². The van der Waals surface area contributed by atoms with E-state index in [1.165, 1.54) is 7.11 Å². The molecule has 0 saturated heterocycles. The fraction of sp³-hybridized carbons (Fsp3) is 0.462. The van der Waals surface area contributed by atoms with Gasteiger partial charge in [0.1, 0.15) is 11.8 Å². The molecule has 0 aliphatic rings. The third-order valence-electron chi connectivity index (χ3n) is 2.68. The lowest BCUT2D eigenvalue weighted by Gasteiger charge is -2.20. The second-order valence-electron chi connectivity index (χ2n) is 4.01. The van der Waals surface area contributed by atoms with Crippen molar-refractivity contribution in [1.82, 2.24) is 5.32 Å². The maximum atomic E-state index is 11.0. The van der Waals surface area contributed by atoms with Crippen LogP contribution in [0.25, 0.3) is 0 Å². The summed E-state index contributed by atoms with van der Waals surface area (Å²) in [7, 11) is 3.08. The Hall–Kier alpha value is -1.59. The standard InChI is InChI=1S/C13H19NO4/c1-9(14-12(8-17-2)13(15)16)10-5-4-6-11(7-10)18-3/h4-7,9,12,14H,8H2,1-3H3,(H,15,16)/t9-,12?/m1/s1. The maximum Gasteiger partial charge on any atom is 0.323 e. The highest BCUT2D eigenvalue weighted by atomic mass is 16.5. The van der Waals surface area contributed by atoms with Crippen LogP contribution in [0.1, 0.15) is 18.5 Å². The first kappa shape index (κ1) is 14.5. The Kier molecular flexibility index (Phi) is 5.61. The van der Waals surface area contributed by atoms with Crippen LogP contribution in [0.15, 0.2) is 24.3 Å². The van der Waals surface area contributed by atoms with Gasteiger partial charge in [-0.05, 0) is 24.6 Å². The average Bonchev–Trinajstić information content (AvgIpc) is 2.38. The van der Waals surface area contributed by atoms with Gasteiger partial charge < -0.3 is 14.6 Å². The Labute approximate surface area is 107 Å². The fourth-order valence-corrected chi connectivity index (χ4v) is 1.67. The molecular formula is C13H19NO4. The van der Waals surface area contributed by atoms with Crippen molar-refractivity contribution in [3.63, 3.8) is 0 Å². The lowest BCUT2D eigenvalue weighted by Crippen LogP contribution is -2.41. The van der Waals surface area contributed by atoms with Gasteiger partial charge in [0.2, 0.25) is 0 Å². The SMILES string of the molecule is COCC(N[C@H](C)c1cccc(OC)c1)C(=O)O. The molecule has 0 bridgehead atoms. The van der Waals surface area contributed by atoms with Gasteiger partial charge in [-0.3, -0.25) is 10.1 Å². The Morgan fingerprint density at radius 3 is 2.72 bits per heavy atom. The Morgan fingerprint density at radius 2 is 2.17 bits per heavy atom. The van der Waals surface area contributed by atoms with Crippen molar-refractivity contribution in [2.75, 3.05) is 20.8 Å². The molecule has 2 N–H and O–H groups in total. The number of carboxylic acids is 1. The molecule has 0 heterocycles. The van der Waals surface area contributed by atoms with Crippen molar-refractivity contribution in [3.05, 3.63) is 29.8 Å². The van der Waals surface area contributed by atoms with Crippen molar-refractivity contribution < 1.29 is 19.4 Å². The van der Waals surface area contributed by atoms with Crippen LogP contribution in [0.2, 0.25) is 0 Å². The summed E-state index contributed by atoms with van der Waals surface area (Å²) in [6, 6.07) is 6.70. The van der Waals surface area contributed by atoms with E-state index >= 15 is 0 Å². The number of nitrogens with one attached hydrogen (secondary N) is 1. The molecule has 0 aliphatic heterocycles. The van der Waals surface area contributed by atoms with E-state index < -0.39 is 12.0 Å². The molecule has 5 nitrogen and oxygen atoms in total. The number of ether oxygens (including phenoxy) is 2. The zero-order valence-electron chi connectivity index (χ0n) is 10.8. The van der Waals surface area contributed by atoms with Crippen LogP contribution < -0.4 is 10.1 Å². The van der Waals surface area contributed by atoms with E-state index in [0.29, 0.717) is 0 Å². The molecule has 0 amide bonds. The molecule has 0 spiro atoms. The summed E-state index contributed by atoms with van der Waals surface area (Å²) < 4.78 is 10.0. The highest BCUT2D eigenvalue weighted by Gasteiger charge is 2.20. The fourth-order valence-electron chi connectivity index (χ4n) is 1.67. The summed E-state index contributed by atoms with van der Waals surface area (Å²) in [4.78, 5) is 11.0. The largest absolute Gasteiger partial charge is 0.497 e. The molecule has 100 valence electrons. The van der Waals surface area contributed by atoms with E-state index in [1.807, 2.05) is 31.2 Å². The molecule has 5 heteroatoms. The minimum Gasteiger partial charge on any atom is -0.497 e. The van der Waals surface area contributed by atoms with E-state index in [2.05, 4.69) is 5.32 Å². The minimum atomic E-state index is -0.924. The van der Waals surface area contributed by atoms with Crippen LogP contribution in [0.5, 0.6) is 5.75 Å². The molecule has 1 aromatic rings. The molecule has 0 aromatic heterocycles. The van der Waals surface area contributed by atoms with Gasteiger partial charge in [0, 0.05) is 13.2 Å². The number of carboxylic acid groups (broad SMARTS) is 1. The number of carbonyl (C=O) groups is 1. The summed E-state index contributed by atoms with van der Waals surface area (Å²) >= 11 is 0. The predicted octanol–water partition coefficient (Wildman–Crippen LogP) is 1.45. The number of benzene rings is 1. The number of aliphatic carboxylic acids is 1. The zero-order chi connectivity index (χ0) is 13.5. The summed E-state index contributed by atoms with van der Waals surface area (Å²) in [5.41, 5.74) is 0.969. The monoisotopic (exact) mass is 253 g/mol. The highest BCUT2D eigenvalue weighted by molar-refractivity contribution is 5.73. The molecule has 18 heavy (non-hydrogen) atoms. The maximum absolute atomic E-state index is 11.0. The molecule has 0 fully saturated rings. The van der Waals surface area contributed by atoms with Crippen molar-refractivity contribution in [3.8, 4) is 5.75 Å². The topological polar surface area (TPSA) is 67.8 Å². The molecule has 2 atom stereocenters. The van der Waals surface area contributed by atoms with Crippen molar-refractivity contribution >= 4 is 5.97 Å². The molecule has 1 unspecified atom stereocenters. The molecule has 0 saturated carbocycles. The number of hydrogen-bond acceptors (Lipinski definition) is 4. The predicted molar refractivity (Wildman–Crippen MR) is 67.8 cm³/mol. The number of rotatable bonds is 7. The first-order valence-corrected chi connectivity index (χ1v) is 5.70. The van der Waals surface area contributed by atoms with Gasteiger partial charge in [-0.25, -0.2) is 0 Å². The molecular weight excluding hydrogens is 234 g/mol. The molecule has 1 aromatic carbocycles. The quantitative estimate of drug-likeness (QED) is 0.769. The lowest BCUT2D eigenvalue weighted by atomic mass is 10.1. The van der Waals surface area contributed by atoms with E-state index in [-0.39, 0.29) is 12.6 Å². The first-order chi connectivity index (χ1) is 8.58. The normalized spacial score (nSPS) is 13.9. The van der Waals surface area contributed by atoms with Gasteiger partial charge in [-0.1, -0.05) is 12.1 Å².